The van der Waals surface area contributed by atoms with Gasteiger partial charge in [-0.15, -0.1) is 0 Å². The van der Waals surface area contributed by atoms with Crippen LogP contribution in [0, 0.1) is 11.8 Å². The van der Waals surface area contributed by atoms with Crippen LogP contribution >= 0.6 is 0 Å². The molecular weight excluding hydrogens is 205 g/mol. The number of nitrogens with two attached hydrogens (primary N) is 1. The molecule has 16 heavy (non-hydrogen) atoms. The van der Waals surface area contributed by atoms with E-state index in [2.05, 4.69) is 11.8 Å². The van der Waals surface area contributed by atoms with E-state index in [1.165, 1.54) is 0 Å². The summed E-state index contributed by atoms with van der Waals surface area (Å²) >= 11 is 0. The van der Waals surface area contributed by atoms with Crippen molar-refractivity contribution in [3.05, 3.63) is 29.8 Å². The van der Waals surface area contributed by atoms with Gasteiger partial charge in [-0.3, -0.25) is 4.79 Å². The quantitative estimate of drug-likeness (QED) is 0.447. The summed E-state index contributed by atoms with van der Waals surface area (Å²) < 4.78 is 0. The maximum Gasteiger partial charge on any atom is 0.488 e. The minimum atomic E-state index is -1.46. The Hall–Kier alpha value is -1.77. The van der Waals surface area contributed by atoms with Crippen LogP contribution in [0.15, 0.2) is 24.3 Å². The number of rotatable bonds is 3. The van der Waals surface area contributed by atoms with Crippen molar-refractivity contribution in [1.82, 2.24) is 0 Å². The van der Waals surface area contributed by atoms with Crippen molar-refractivity contribution in [3.63, 3.8) is 0 Å². The normalized spacial score (nSPS) is 9.12. The first-order chi connectivity index (χ1) is 7.59. The minimum Gasteiger partial charge on any atom is -0.423 e. The lowest BCUT2D eigenvalue weighted by molar-refractivity contribution is -0.117. The van der Waals surface area contributed by atoms with Crippen molar-refractivity contribution < 1.29 is 14.8 Å². The molecule has 82 valence electrons. The van der Waals surface area contributed by atoms with Crippen molar-refractivity contribution in [1.29, 1.82) is 0 Å². The van der Waals surface area contributed by atoms with Gasteiger partial charge in [-0.1, -0.05) is 24.0 Å². The van der Waals surface area contributed by atoms with Gasteiger partial charge in [-0.05, 0) is 17.6 Å². The number of hydrogen-bond donors (Lipinski definition) is 3. The van der Waals surface area contributed by atoms with Gasteiger partial charge in [0.05, 0.1) is 0 Å². The number of carbonyl (C=O) groups is 1. The Morgan fingerprint density at radius 3 is 2.44 bits per heavy atom. The second-order valence-corrected chi connectivity index (χ2v) is 3.26. The smallest absolute Gasteiger partial charge is 0.423 e. The molecule has 0 saturated carbocycles. The van der Waals surface area contributed by atoms with Gasteiger partial charge in [0.2, 0.25) is 5.91 Å². The van der Waals surface area contributed by atoms with E-state index in [4.69, 9.17) is 15.8 Å². The molecule has 0 fully saturated rings. The zero-order valence-corrected chi connectivity index (χ0v) is 8.68. The standard InChI is InChI=1S/C11H12BNO3/c13-11(14)4-2-1-3-9-5-7-10(8-6-9)12(15)16/h5-8,15-16H,2,4H2,(H2,13,14). The van der Waals surface area contributed by atoms with Crippen LogP contribution in [-0.2, 0) is 4.79 Å². The highest BCUT2D eigenvalue weighted by Crippen LogP contribution is 1.95. The van der Waals surface area contributed by atoms with Crippen LogP contribution in [0.1, 0.15) is 18.4 Å². The van der Waals surface area contributed by atoms with Gasteiger partial charge in [0, 0.05) is 18.4 Å². The fraction of sp³-hybridized carbons (Fsp3) is 0.182. The molecular formula is C11H12BNO3. The predicted molar refractivity (Wildman–Crippen MR) is 61.6 cm³/mol. The molecule has 0 aliphatic carbocycles. The largest absolute Gasteiger partial charge is 0.488 e. The SMILES string of the molecule is NC(=O)CCC#Cc1ccc(B(O)O)cc1. The molecule has 1 aromatic rings. The van der Waals surface area contributed by atoms with E-state index in [0.29, 0.717) is 11.9 Å². The molecule has 5 heteroatoms. The van der Waals surface area contributed by atoms with Crippen LogP contribution in [0.3, 0.4) is 0 Å². The molecule has 0 radical (unpaired) electrons. The lowest BCUT2D eigenvalue weighted by Crippen LogP contribution is -2.29. The number of amides is 1. The Morgan fingerprint density at radius 2 is 1.94 bits per heavy atom. The molecule has 1 amide bonds. The van der Waals surface area contributed by atoms with Crippen LogP contribution in [-0.4, -0.2) is 23.1 Å². The van der Waals surface area contributed by atoms with E-state index in [1.807, 2.05) is 0 Å². The number of carbonyl (C=O) groups excluding carboxylic acids is 1. The molecule has 0 aliphatic rings. The van der Waals surface area contributed by atoms with Crippen LogP contribution in [0.5, 0.6) is 0 Å². The Labute approximate surface area is 94.2 Å². The summed E-state index contributed by atoms with van der Waals surface area (Å²) in [7, 11) is -1.46. The zero-order valence-electron chi connectivity index (χ0n) is 8.68. The molecule has 1 aromatic carbocycles. The number of hydrogen-bond acceptors (Lipinski definition) is 3. The summed E-state index contributed by atoms with van der Waals surface area (Å²) in [6.07, 6.45) is 0.681. The zero-order chi connectivity index (χ0) is 12.0. The molecule has 0 aliphatic heterocycles. The molecule has 0 atom stereocenters. The average molecular weight is 217 g/mol. The number of benzene rings is 1. The van der Waals surface area contributed by atoms with Crippen LogP contribution < -0.4 is 11.2 Å². The summed E-state index contributed by atoms with van der Waals surface area (Å²) in [5, 5.41) is 17.7. The van der Waals surface area contributed by atoms with Crippen LogP contribution in [0.25, 0.3) is 0 Å². The van der Waals surface area contributed by atoms with E-state index in [1.54, 1.807) is 24.3 Å². The van der Waals surface area contributed by atoms with E-state index in [-0.39, 0.29) is 12.3 Å². The third-order valence-electron chi connectivity index (χ3n) is 1.94. The molecule has 0 spiro atoms. The summed E-state index contributed by atoms with van der Waals surface area (Å²) in [5.41, 5.74) is 6.14. The topological polar surface area (TPSA) is 83.6 Å². The van der Waals surface area contributed by atoms with E-state index >= 15 is 0 Å². The maximum absolute atomic E-state index is 10.4. The highest BCUT2D eigenvalue weighted by molar-refractivity contribution is 6.58. The Bertz CT molecular complexity index is 417. The third kappa shape index (κ3) is 4.17. The van der Waals surface area contributed by atoms with Gasteiger partial charge in [-0.2, -0.15) is 0 Å². The van der Waals surface area contributed by atoms with Crippen LogP contribution in [0.2, 0.25) is 0 Å². The van der Waals surface area contributed by atoms with E-state index in [0.717, 1.165) is 5.56 Å². The van der Waals surface area contributed by atoms with Crippen molar-refractivity contribution in [2.24, 2.45) is 5.73 Å². The third-order valence-corrected chi connectivity index (χ3v) is 1.94. The first kappa shape index (κ1) is 12.3. The highest BCUT2D eigenvalue weighted by atomic mass is 16.4. The van der Waals surface area contributed by atoms with Gasteiger partial charge in [0.15, 0.2) is 0 Å². The Balaban J connectivity index is 2.58. The summed E-state index contributed by atoms with van der Waals surface area (Å²) in [6, 6.07) is 6.55. The van der Waals surface area contributed by atoms with Gasteiger partial charge in [0.25, 0.3) is 0 Å². The van der Waals surface area contributed by atoms with E-state index < -0.39 is 7.12 Å². The second-order valence-electron chi connectivity index (χ2n) is 3.26. The number of primary amides is 1. The first-order valence-electron chi connectivity index (χ1n) is 4.83. The second kappa shape index (κ2) is 5.96. The van der Waals surface area contributed by atoms with E-state index in [9.17, 15) is 4.79 Å². The van der Waals surface area contributed by atoms with Crippen molar-refractivity contribution >= 4 is 18.5 Å². The van der Waals surface area contributed by atoms with Gasteiger partial charge < -0.3 is 15.8 Å². The van der Waals surface area contributed by atoms with Gasteiger partial charge >= 0.3 is 7.12 Å². The molecule has 4 N–H and O–H groups in total. The summed E-state index contributed by atoms with van der Waals surface area (Å²) in [6.45, 7) is 0. The first-order valence-corrected chi connectivity index (χ1v) is 4.83. The Morgan fingerprint density at radius 1 is 1.31 bits per heavy atom. The fourth-order valence-corrected chi connectivity index (χ4v) is 1.09. The monoisotopic (exact) mass is 217 g/mol. The molecule has 0 unspecified atom stereocenters. The minimum absolute atomic E-state index is 0.250. The van der Waals surface area contributed by atoms with Gasteiger partial charge in [0.1, 0.15) is 0 Å². The molecule has 1 rings (SSSR count). The molecule has 4 nitrogen and oxygen atoms in total. The molecule has 0 heterocycles. The summed E-state index contributed by atoms with van der Waals surface area (Å²) in [4.78, 5) is 10.4. The van der Waals surface area contributed by atoms with Crippen LogP contribution in [0.4, 0.5) is 0 Å². The average Bonchev–Trinajstić information content (AvgIpc) is 2.25. The lowest BCUT2D eigenvalue weighted by atomic mass is 9.80. The summed E-state index contributed by atoms with van der Waals surface area (Å²) in [5.74, 6) is 5.28. The van der Waals surface area contributed by atoms with Crippen molar-refractivity contribution in [3.8, 4) is 11.8 Å². The van der Waals surface area contributed by atoms with Crippen molar-refractivity contribution in [2.75, 3.05) is 0 Å². The fourth-order valence-electron chi connectivity index (χ4n) is 1.09. The maximum atomic E-state index is 10.4. The molecule has 0 saturated heterocycles. The lowest BCUT2D eigenvalue weighted by Gasteiger charge is -1.97. The highest BCUT2D eigenvalue weighted by Gasteiger charge is 2.08. The molecule has 0 bridgehead atoms. The van der Waals surface area contributed by atoms with Gasteiger partial charge in [-0.25, -0.2) is 0 Å². The Kier molecular flexibility index (Phi) is 4.58. The predicted octanol–water partition coefficient (Wildman–Crippen LogP) is -1.02. The molecule has 0 aromatic heterocycles. The van der Waals surface area contributed by atoms with Crippen molar-refractivity contribution in [2.45, 2.75) is 12.8 Å².